The Morgan fingerprint density at radius 3 is 2.43 bits per heavy atom. The molecule has 13 heteroatoms. The third-order valence-electron chi connectivity index (χ3n) is 9.24. The molecule has 1 aromatic carbocycles. The summed E-state index contributed by atoms with van der Waals surface area (Å²) >= 11 is 0. The smallest absolute Gasteiger partial charge is 0.408 e. The Balaban J connectivity index is 1.24. The summed E-state index contributed by atoms with van der Waals surface area (Å²) < 4.78 is 19.3. The summed E-state index contributed by atoms with van der Waals surface area (Å²) in [7, 11) is 1.59. The average molecular weight is 648 g/mol. The number of methoxy groups -OCH3 is 1. The van der Waals surface area contributed by atoms with Crippen LogP contribution in [0.5, 0.6) is 11.5 Å². The number of rotatable bonds is 10. The summed E-state index contributed by atoms with van der Waals surface area (Å²) in [6.07, 6.45) is 3.63. The SMILES string of the molecule is COc1ccc2c(OC3C[C@@H](C(N)=O)N(C(=O)[C@@H](NC(=O)O[C@@H]4C[C@@H]5C[C@@H]5C4)C(C)(C)C)C3)cc(-n3ccc(NC(C)C)n3)nc2c1. The highest BCUT2D eigenvalue weighted by Gasteiger charge is 2.48. The topological polar surface area (TPSA) is 163 Å². The van der Waals surface area contributed by atoms with Crippen molar-refractivity contribution in [2.75, 3.05) is 19.0 Å². The second-order valence-corrected chi connectivity index (χ2v) is 14.4. The van der Waals surface area contributed by atoms with E-state index in [4.69, 9.17) is 24.9 Å². The van der Waals surface area contributed by atoms with Crippen molar-refractivity contribution in [3.8, 4) is 17.3 Å². The van der Waals surface area contributed by atoms with E-state index in [0.717, 1.165) is 18.2 Å². The summed E-state index contributed by atoms with van der Waals surface area (Å²) in [6.45, 7) is 9.75. The molecule has 6 rings (SSSR count). The van der Waals surface area contributed by atoms with Crippen LogP contribution in [0.2, 0.25) is 0 Å². The second-order valence-electron chi connectivity index (χ2n) is 14.4. The molecule has 1 aliphatic heterocycles. The number of anilines is 1. The molecule has 3 aromatic rings. The number of alkyl carbamates (subject to hydrolysis) is 1. The molecule has 252 valence electrons. The standard InChI is InChI=1S/C34H45N7O6/c1-18(2)36-28-9-10-41(39-28)29-16-27(24-8-7-21(45-6)14-25(24)37-29)46-23-15-26(31(35)42)40(17-23)32(43)30(34(3,4)5)38-33(44)47-22-12-19-11-20(19)13-22/h7-10,14,16,18-20,22-23,26,30H,11-13,15,17H2,1-6H3,(H2,35,42)(H,36,39)(H,38,44)/t19-,20+,22+,23?,26-,30+/m0/s1. The van der Waals surface area contributed by atoms with E-state index < -0.39 is 41.5 Å². The molecule has 13 nitrogen and oxygen atoms in total. The Morgan fingerprint density at radius 2 is 1.77 bits per heavy atom. The number of nitrogens with two attached hydrogens (primary N) is 1. The minimum absolute atomic E-state index is 0.0985. The molecule has 3 fully saturated rings. The van der Waals surface area contributed by atoms with E-state index in [9.17, 15) is 14.4 Å². The highest BCUT2D eigenvalue weighted by molar-refractivity contribution is 5.92. The maximum Gasteiger partial charge on any atom is 0.408 e. The number of likely N-dealkylation sites (tertiary alicyclic amines) is 1. The monoisotopic (exact) mass is 647 g/mol. The van der Waals surface area contributed by atoms with Crippen molar-refractivity contribution in [1.29, 1.82) is 0 Å². The van der Waals surface area contributed by atoms with Crippen molar-refractivity contribution in [2.45, 2.75) is 90.6 Å². The molecule has 0 bridgehead atoms. The number of ether oxygens (including phenoxy) is 3. The first-order valence-electron chi connectivity index (χ1n) is 16.3. The number of aromatic nitrogens is 3. The molecule has 2 aromatic heterocycles. The van der Waals surface area contributed by atoms with Gasteiger partial charge in [0.1, 0.15) is 41.6 Å². The van der Waals surface area contributed by atoms with Gasteiger partial charge >= 0.3 is 6.09 Å². The van der Waals surface area contributed by atoms with E-state index >= 15 is 0 Å². The first-order valence-corrected chi connectivity index (χ1v) is 16.3. The predicted molar refractivity (Wildman–Crippen MR) is 175 cm³/mol. The van der Waals surface area contributed by atoms with Crippen LogP contribution in [0.15, 0.2) is 36.5 Å². The zero-order chi connectivity index (χ0) is 33.6. The lowest BCUT2D eigenvalue weighted by Crippen LogP contribution is -2.57. The van der Waals surface area contributed by atoms with Crippen LogP contribution in [0.1, 0.15) is 60.3 Å². The van der Waals surface area contributed by atoms with Crippen LogP contribution in [-0.4, -0.2) is 81.6 Å². The van der Waals surface area contributed by atoms with E-state index in [1.165, 1.54) is 11.3 Å². The van der Waals surface area contributed by atoms with Crippen molar-refractivity contribution in [3.05, 3.63) is 36.5 Å². The summed E-state index contributed by atoms with van der Waals surface area (Å²) in [5.41, 5.74) is 5.79. The van der Waals surface area contributed by atoms with Crippen LogP contribution in [0.4, 0.5) is 10.6 Å². The first-order chi connectivity index (χ1) is 22.3. The normalized spacial score (nSPS) is 24.1. The highest BCUT2D eigenvalue weighted by atomic mass is 16.6. The molecular weight excluding hydrogens is 602 g/mol. The van der Waals surface area contributed by atoms with Crippen LogP contribution in [0, 0.1) is 17.3 Å². The molecule has 6 atom stereocenters. The molecule has 1 unspecified atom stereocenters. The summed E-state index contributed by atoms with van der Waals surface area (Å²) in [6, 6.07) is 7.48. The summed E-state index contributed by atoms with van der Waals surface area (Å²) in [5.74, 6) is 2.61. The van der Waals surface area contributed by atoms with Crippen molar-refractivity contribution in [1.82, 2.24) is 25.0 Å². The molecule has 4 N–H and O–H groups in total. The van der Waals surface area contributed by atoms with Crippen LogP contribution in [0.25, 0.3) is 16.7 Å². The number of carbonyl (C=O) groups excluding carboxylic acids is 3. The van der Waals surface area contributed by atoms with Gasteiger partial charge in [-0.15, -0.1) is 5.10 Å². The molecule has 0 radical (unpaired) electrons. The number of primary amides is 1. The van der Waals surface area contributed by atoms with Gasteiger partial charge in [-0.25, -0.2) is 14.5 Å². The van der Waals surface area contributed by atoms with E-state index in [-0.39, 0.29) is 25.1 Å². The predicted octanol–water partition coefficient (Wildman–Crippen LogP) is 4.02. The number of nitrogens with zero attached hydrogens (tertiary/aromatic N) is 4. The van der Waals surface area contributed by atoms with Crippen molar-refractivity contribution in [2.24, 2.45) is 23.0 Å². The zero-order valence-corrected chi connectivity index (χ0v) is 27.9. The lowest BCUT2D eigenvalue weighted by molar-refractivity contribution is -0.141. The van der Waals surface area contributed by atoms with Gasteiger partial charge in [-0.05, 0) is 62.5 Å². The second kappa shape index (κ2) is 12.6. The third-order valence-corrected chi connectivity index (χ3v) is 9.24. The first kappa shape index (κ1) is 32.4. The number of hydrogen-bond acceptors (Lipinski definition) is 9. The van der Waals surface area contributed by atoms with Gasteiger partial charge in [0.25, 0.3) is 0 Å². The molecular formula is C34H45N7O6. The lowest BCUT2D eigenvalue weighted by atomic mass is 9.85. The Morgan fingerprint density at radius 1 is 1.02 bits per heavy atom. The maximum absolute atomic E-state index is 14.1. The van der Waals surface area contributed by atoms with Gasteiger partial charge < -0.3 is 35.5 Å². The van der Waals surface area contributed by atoms with Gasteiger partial charge in [0.2, 0.25) is 11.8 Å². The Hall–Kier alpha value is -4.55. The summed E-state index contributed by atoms with van der Waals surface area (Å²) in [5, 5.41) is 11.4. The van der Waals surface area contributed by atoms with Gasteiger partial charge in [0, 0.05) is 42.2 Å². The highest BCUT2D eigenvalue weighted by Crippen LogP contribution is 2.52. The molecule has 0 spiro atoms. The van der Waals surface area contributed by atoms with Crippen molar-refractivity contribution >= 4 is 34.6 Å². The quantitative estimate of drug-likeness (QED) is 0.295. The number of pyridine rings is 1. The van der Waals surface area contributed by atoms with Gasteiger partial charge in [-0.3, -0.25) is 9.59 Å². The molecule has 2 saturated carbocycles. The fraction of sp³-hybridized carbons (Fsp3) is 0.559. The van der Waals surface area contributed by atoms with E-state index in [2.05, 4.69) is 15.7 Å². The zero-order valence-electron chi connectivity index (χ0n) is 27.9. The van der Waals surface area contributed by atoms with E-state index in [1.54, 1.807) is 17.9 Å². The van der Waals surface area contributed by atoms with Gasteiger partial charge in [0.05, 0.1) is 19.2 Å². The van der Waals surface area contributed by atoms with Crippen LogP contribution < -0.4 is 25.8 Å². The van der Waals surface area contributed by atoms with Gasteiger partial charge in [-0.2, -0.15) is 0 Å². The Kier molecular flexibility index (Phi) is 8.66. The largest absolute Gasteiger partial charge is 0.497 e. The van der Waals surface area contributed by atoms with Gasteiger partial charge in [0.15, 0.2) is 5.82 Å². The molecule has 1 saturated heterocycles. The van der Waals surface area contributed by atoms with E-state index in [0.29, 0.717) is 40.5 Å². The molecule has 47 heavy (non-hydrogen) atoms. The van der Waals surface area contributed by atoms with Crippen LogP contribution in [0.3, 0.4) is 0 Å². The van der Waals surface area contributed by atoms with E-state index in [1.807, 2.05) is 65.1 Å². The Bertz CT molecular complexity index is 1660. The van der Waals surface area contributed by atoms with Crippen molar-refractivity contribution in [3.63, 3.8) is 0 Å². The lowest BCUT2D eigenvalue weighted by Gasteiger charge is -2.35. The maximum atomic E-state index is 14.1. The number of nitrogens with one attached hydrogen (secondary N) is 2. The minimum atomic E-state index is -0.944. The third kappa shape index (κ3) is 7.08. The number of hydrogen-bond donors (Lipinski definition) is 3. The Labute approximate surface area is 274 Å². The fourth-order valence-electron chi connectivity index (χ4n) is 6.78. The number of carbonyl (C=O) groups is 3. The van der Waals surface area contributed by atoms with Crippen molar-refractivity contribution < 1.29 is 28.6 Å². The summed E-state index contributed by atoms with van der Waals surface area (Å²) in [4.78, 5) is 46.0. The van der Waals surface area contributed by atoms with Gasteiger partial charge in [-0.1, -0.05) is 20.8 Å². The average Bonchev–Trinajstić information content (AvgIpc) is 3.35. The molecule has 3 amide bonds. The fourth-order valence-corrected chi connectivity index (χ4v) is 6.78. The molecule has 3 aliphatic rings. The van der Waals surface area contributed by atoms with Crippen LogP contribution >= 0.6 is 0 Å². The number of amides is 3. The number of benzene rings is 1. The minimum Gasteiger partial charge on any atom is -0.497 e. The number of fused-ring (bicyclic) bond motifs is 2. The van der Waals surface area contributed by atoms with Crippen LogP contribution in [-0.2, 0) is 14.3 Å². The molecule has 2 aliphatic carbocycles. The molecule has 3 heterocycles.